The number of benzene rings is 4. The summed E-state index contributed by atoms with van der Waals surface area (Å²) in [5.41, 5.74) is 13.3. The third-order valence-electron chi connectivity index (χ3n) is 8.70. The normalized spacial score (nSPS) is 14.0. The fourth-order valence-corrected chi connectivity index (χ4v) is 6.29. The van der Waals surface area contributed by atoms with Gasteiger partial charge in [0.2, 0.25) is 0 Å². The molecule has 222 valence electrons. The Kier molecular flexibility index (Phi) is 7.07. The molecular formula is C41H33N5. The number of aromatic nitrogens is 4. The Hall–Kier alpha value is -5.68. The summed E-state index contributed by atoms with van der Waals surface area (Å²) < 4.78 is 0. The Morgan fingerprint density at radius 3 is 2.28 bits per heavy atom. The van der Waals surface area contributed by atoms with Gasteiger partial charge in [-0.3, -0.25) is 4.98 Å². The molecule has 2 aromatic heterocycles. The van der Waals surface area contributed by atoms with Crippen molar-refractivity contribution < 1.29 is 0 Å². The van der Waals surface area contributed by atoms with Gasteiger partial charge in [0.1, 0.15) is 0 Å². The van der Waals surface area contributed by atoms with Crippen LogP contribution in [0, 0.1) is 6.92 Å². The Bertz CT molecular complexity index is 2240. The molecule has 3 heterocycles. The van der Waals surface area contributed by atoms with Crippen molar-refractivity contribution in [3.8, 4) is 45.3 Å². The van der Waals surface area contributed by atoms with Gasteiger partial charge >= 0.3 is 0 Å². The van der Waals surface area contributed by atoms with E-state index in [1.54, 1.807) is 0 Å². The number of hydrogen-bond donors (Lipinski definition) is 1. The molecule has 0 bridgehead atoms. The van der Waals surface area contributed by atoms with Gasteiger partial charge in [-0.15, -0.1) is 0 Å². The van der Waals surface area contributed by atoms with Gasteiger partial charge in [0.15, 0.2) is 17.5 Å². The monoisotopic (exact) mass is 595 g/mol. The van der Waals surface area contributed by atoms with Crippen LogP contribution < -0.4 is 5.32 Å². The number of aryl methyl sites for hydroxylation is 1. The van der Waals surface area contributed by atoms with Crippen LogP contribution in [0.1, 0.15) is 36.5 Å². The summed E-state index contributed by atoms with van der Waals surface area (Å²) >= 11 is 0. The second-order valence-corrected chi connectivity index (χ2v) is 12.2. The summed E-state index contributed by atoms with van der Waals surface area (Å²) in [6.07, 6.45) is 12.9. The molecule has 0 amide bonds. The van der Waals surface area contributed by atoms with E-state index in [-0.39, 0.29) is 0 Å². The van der Waals surface area contributed by atoms with Crippen LogP contribution in [0.25, 0.3) is 67.8 Å². The van der Waals surface area contributed by atoms with E-state index in [4.69, 9.17) is 15.0 Å². The number of hydrogen-bond acceptors (Lipinski definition) is 5. The number of nitrogens with one attached hydrogen (secondary N) is 1. The molecule has 0 atom stereocenters. The highest BCUT2D eigenvalue weighted by Gasteiger charge is 2.17. The van der Waals surface area contributed by atoms with Crippen molar-refractivity contribution in [3.05, 3.63) is 138 Å². The number of rotatable bonds is 5. The molecule has 0 saturated carbocycles. The molecule has 0 radical (unpaired) electrons. The van der Waals surface area contributed by atoms with Crippen LogP contribution in [0.2, 0.25) is 0 Å². The van der Waals surface area contributed by atoms with Gasteiger partial charge in [0, 0.05) is 40.5 Å². The molecule has 1 aliphatic heterocycles. The zero-order valence-electron chi connectivity index (χ0n) is 26.0. The lowest BCUT2D eigenvalue weighted by Crippen LogP contribution is -2.05. The van der Waals surface area contributed by atoms with Crippen molar-refractivity contribution >= 4 is 28.2 Å². The summed E-state index contributed by atoms with van der Waals surface area (Å²) in [4.78, 5) is 19.9. The molecule has 4 aromatic carbocycles. The quantitative estimate of drug-likeness (QED) is 0.215. The maximum Gasteiger partial charge on any atom is 0.164 e. The van der Waals surface area contributed by atoms with E-state index in [1.165, 1.54) is 22.3 Å². The molecule has 0 saturated heterocycles. The van der Waals surface area contributed by atoms with E-state index in [2.05, 4.69) is 133 Å². The van der Waals surface area contributed by atoms with Gasteiger partial charge < -0.3 is 5.32 Å². The fourth-order valence-electron chi connectivity index (χ4n) is 6.29. The van der Waals surface area contributed by atoms with E-state index >= 15 is 0 Å². The van der Waals surface area contributed by atoms with Gasteiger partial charge in [-0.05, 0) is 90.9 Å². The predicted molar refractivity (Wildman–Crippen MR) is 190 cm³/mol. The minimum Gasteiger partial charge on any atom is -0.381 e. The van der Waals surface area contributed by atoms with Crippen LogP contribution in [0.4, 0.5) is 5.69 Å². The molecule has 0 spiro atoms. The van der Waals surface area contributed by atoms with Crippen LogP contribution in [-0.2, 0) is 0 Å². The van der Waals surface area contributed by atoms with Crippen molar-refractivity contribution in [2.45, 2.75) is 26.7 Å². The standard InChI is InChI=1S/C41H33N5/c1-26-7-3-9-30(19-26)34-21-35(31-10-4-8-27(2)20-31)23-36(22-34)41-45-39(32-15-13-28-11-5-17-42-37(28)24-32)44-40(46-41)33-16-14-29-12-6-18-43-38(29)25-33/h3,5-7,9-17,19-25,43H,4,8,18H2,1-2H3. The first-order valence-electron chi connectivity index (χ1n) is 15.8. The maximum absolute atomic E-state index is 5.15. The molecule has 5 heteroatoms. The van der Waals surface area contributed by atoms with Crippen LogP contribution in [0.5, 0.6) is 0 Å². The van der Waals surface area contributed by atoms with Gasteiger partial charge in [-0.25, -0.2) is 15.0 Å². The van der Waals surface area contributed by atoms with Crippen molar-refractivity contribution in [2.24, 2.45) is 0 Å². The van der Waals surface area contributed by atoms with Crippen LogP contribution in [-0.4, -0.2) is 26.5 Å². The molecule has 0 fully saturated rings. The van der Waals surface area contributed by atoms with Crippen molar-refractivity contribution in [3.63, 3.8) is 0 Å². The molecular weight excluding hydrogens is 562 g/mol. The third-order valence-corrected chi connectivity index (χ3v) is 8.70. The first-order valence-corrected chi connectivity index (χ1v) is 15.8. The van der Waals surface area contributed by atoms with E-state index in [9.17, 15) is 0 Å². The molecule has 5 nitrogen and oxygen atoms in total. The van der Waals surface area contributed by atoms with E-state index in [0.29, 0.717) is 17.5 Å². The second-order valence-electron chi connectivity index (χ2n) is 12.2. The minimum atomic E-state index is 0.619. The Labute approximate surface area is 269 Å². The number of fused-ring (bicyclic) bond motifs is 2. The lowest BCUT2D eigenvalue weighted by atomic mass is 9.91. The SMILES string of the molecule is CC1=CC(c2cc(-c3cccc(C)c3)cc(-c3nc(-c4ccc5c(c4)NCC=C5)nc(-c4ccc5cccnc5c4)n3)c2)=CCC1. The van der Waals surface area contributed by atoms with Gasteiger partial charge in [0.05, 0.1) is 5.52 Å². The summed E-state index contributed by atoms with van der Waals surface area (Å²) in [5, 5.41) is 4.56. The smallest absolute Gasteiger partial charge is 0.164 e. The number of nitrogens with zero attached hydrogens (tertiary/aromatic N) is 4. The molecule has 0 unspecified atom stereocenters. The topological polar surface area (TPSA) is 63.6 Å². The average Bonchev–Trinajstić information content (AvgIpc) is 3.11. The highest BCUT2D eigenvalue weighted by molar-refractivity contribution is 5.85. The fraction of sp³-hybridized carbons (Fsp3) is 0.122. The van der Waals surface area contributed by atoms with Gasteiger partial charge in [0.25, 0.3) is 0 Å². The summed E-state index contributed by atoms with van der Waals surface area (Å²) in [6, 6.07) is 32.0. The summed E-state index contributed by atoms with van der Waals surface area (Å²) in [5.74, 6) is 1.89. The Balaban J connectivity index is 1.34. The van der Waals surface area contributed by atoms with Gasteiger partial charge in [-0.1, -0.05) is 90.0 Å². The average molecular weight is 596 g/mol. The summed E-state index contributed by atoms with van der Waals surface area (Å²) in [6.45, 7) is 5.15. The number of anilines is 1. The lowest BCUT2D eigenvalue weighted by Gasteiger charge is -2.16. The first-order chi connectivity index (χ1) is 22.6. The van der Waals surface area contributed by atoms with Crippen LogP contribution >= 0.6 is 0 Å². The van der Waals surface area contributed by atoms with Crippen molar-refractivity contribution in [1.82, 2.24) is 19.9 Å². The highest BCUT2D eigenvalue weighted by Crippen LogP contribution is 2.35. The zero-order chi connectivity index (χ0) is 31.0. The van der Waals surface area contributed by atoms with E-state index in [0.717, 1.165) is 69.4 Å². The summed E-state index contributed by atoms with van der Waals surface area (Å²) in [7, 11) is 0. The van der Waals surface area contributed by atoms with E-state index in [1.807, 2.05) is 12.3 Å². The first kappa shape index (κ1) is 27.8. The van der Waals surface area contributed by atoms with Crippen LogP contribution in [0.15, 0.2) is 121 Å². The van der Waals surface area contributed by atoms with Crippen molar-refractivity contribution in [2.75, 3.05) is 11.9 Å². The highest BCUT2D eigenvalue weighted by atomic mass is 15.0. The van der Waals surface area contributed by atoms with E-state index < -0.39 is 0 Å². The lowest BCUT2D eigenvalue weighted by molar-refractivity contribution is 0.966. The number of pyridine rings is 1. The minimum absolute atomic E-state index is 0.619. The van der Waals surface area contributed by atoms with Crippen LogP contribution in [0.3, 0.4) is 0 Å². The third kappa shape index (κ3) is 5.52. The molecule has 46 heavy (non-hydrogen) atoms. The maximum atomic E-state index is 5.15. The predicted octanol–water partition coefficient (Wildman–Crippen LogP) is 9.96. The Morgan fingerprint density at radius 2 is 1.43 bits per heavy atom. The largest absolute Gasteiger partial charge is 0.381 e. The number of allylic oxidation sites excluding steroid dienone is 4. The zero-order valence-corrected chi connectivity index (χ0v) is 26.0. The molecule has 2 aliphatic rings. The molecule has 6 aromatic rings. The molecule has 1 aliphatic carbocycles. The Morgan fingerprint density at radius 1 is 0.652 bits per heavy atom. The van der Waals surface area contributed by atoms with Gasteiger partial charge in [-0.2, -0.15) is 0 Å². The molecule has 8 rings (SSSR count). The molecule has 1 N–H and O–H groups in total. The van der Waals surface area contributed by atoms with Crippen molar-refractivity contribution in [1.29, 1.82) is 0 Å². The second kappa shape index (κ2) is 11.7.